The zero-order valence-corrected chi connectivity index (χ0v) is 15.3. The van der Waals surface area contributed by atoms with Crippen molar-refractivity contribution in [3.05, 3.63) is 54.1 Å². The number of hydrogen-bond acceptors (Lipinski definition) is 4. The standard InChI is InChI=1S/C18H22N2O4S/c1-4-13(2)20-25(22,23)17-11-5-14(6-12-17)18(21)19-15-7-9-16(24-3)10-8-15/h5-13,20H,4H2,1-3H3,(H,19,21)/t13-/m1/s1. The second-order valence-corrected chi connectivity index (χ2v) is 7.35. The lowest BCUT2D eigenvalue weighted by molar-refractivity contribution is 0.102. The normalized spacial score (nSPS) is 12.4. The van der Waals surface area contributed by atoms with E-state index >= 15 is 0 Å². The molecule has 0 aliphatic carbocycles. The molecule has 0 radical (unpaired) electrons. The summed E-state index contributed by atoms with van der Waals surface area (Å²) in [4.78, 5) is 12.4. The van der Waals surface area contributed by atoms with Gasteiger partial charge >= 0.3 is 0 Å². The number of carbonyl (C=O) groups excluding carboxylic acids is 1. The monoisotopic (exact) mass is 362 g/mol. The van der Waals surface area contributed by atoms with Gasteiger partial charge in [0.1, 0.15) is 5.75 Å². The summed E-state index contributed by atoms with van der Waals surface area (Å²) < 4.78 is 32.1. The van der Waals surface area contributed by atoms with Gasteiger partial charge in [0.05, 0.1) is 12.0 Å². The largest absolute Gasteiger partial charge is 0.497 e. The smallest absolute Gasteiger partial charge is 0.255 e. The zero-order valence-electron chi connectivity index (χ0n) is 14.4. The van der Waals surface area contributed by atoms with Crippen molar-refractivity contribution >= 4 is 21.6 Å². The van der Waals surface area contributed by atoms with Crippen LogP contribution in [0.15, 0.2) is 53.4 Å². The summed E-state index contributed by atoms with van der Waals surface area (Å²) in [5.41, 5.74) is 0.999. The quantitative estimate of drug-likeness (QED) is 0.793. The molecule has 2 N–H and O–H groups in total. The highest BCUT2D eigenvalue weighted by Crippen LogP contribution is 2.17. The molecule has 6 nitrogen and oxygen atoms in total. The fraction of sp³-hybridized carbons (Fsp3) is 0.278. The maximum atomic E-state index is 12.2. The first-order valence-electron chi connectivity index (χ1n) is 7.93. The summed E-state index contributed by atoms with van der Waals surface area (Å²) >= 11 is 0. The molecule has 0 saturated heterocycles. The van der Waals surface area contributed by atoms with Gasteiger partial charge in [-0.05, 0) is 61.9 Å². The third-order valence-electron chi connectivity index (χ3n) is 3.74. The first-order chi connectivity index (χ1) is 11.9. The van der Waals surface area contributed by atoms with Crippen LogP contribution in [0.1, 0.15) is 30.6 Å². The van der Waals surface area contributed by atoms with E-state index in [0.29, 0.717) is 23.4 Å². The summed E-state index contributed by atoms with van der Waals surface area (Å²) in [6.07, 6.45) is 0.696. The van der Waals surface area contributed by atoms with E-state index in [9.17, 15) is 13.2 Å². The Bertz CT molecular complexity index is 815. The van der Waals surface area contributed by atoms with E-state index in [1.54, 1.807) is 38.3 Å². The molecule has 2 aromatic rings. The Hall–Kier alpha value is -2.38. The predicted octanol–water partition coefficient (Wildman–Crippen LogP) is 3.02. The van der Waals surface area contributed by atoms with Crippen LogP contribution in [0.4, 0.5) is 5.69 Å². The summed E-state index contributed by atoms with van der Waals surface area (Å²) in [6.45, 7) is 3.70. The minimum Gasteiger partial charge on any atom is -0.497 e. The molecule has 1 atom stereocenters. The molecule has 0 aliphatic heterocycles. The first kappa shape index (κ1) is 19.0. The summed E-state index contributed by atoms with van der Waals surface area (Å²) in [5.74, 6) is 0.380. The molecular formula is C18H22N2O4S. The molecule has 2 aromatic carbocycles. The molecule has 0 bridgehead atoms. The number of carbonyl (C=O) groups is 1. The summed E-state index contributed by atoms with van der Waals surface area (Å²) in [6, 6.07) is 12.6. The Labute approximate surface area is 148 Å². The Morgan fingerprint density at radius 1 is 1.08 bits per heavy atom. The van der Waals surface area contributed by atoms with Gasteiger partial charge in [-0.3, -0.25) is 4.79 Å². The Morgan fingerprint density at radius 3 is 2.20 bits per heavy atom. The Morgan fingerprint density at radius 2 is 1.68 bits per heavy atom. The maximum absolute atomic E-state index is 12.2. The number of nitrogens with one attached hydrogen (secondary N) is 2. The van der Waals surface area contributed by atoms with Gasteiger partial charge in [-0.1, -0.05) is 6.92 Å². The van der Waals surface area contributed by atoms with Crippen molar-refractivity contribution in [2.24, 2.45) is 0 Å². The van der Waals surface area contributed by atoms with Crippen LogP contribution in [-0.4, -0.2) is 27.5 Å². The van der Waals surface area contributed by atoms with Crippen molar-refractivity contribution in [1.82, 2.24) is 4.72 Å². The highest BCUT2D eigenvalue weighted by Gasteiger charge is 2.17. The Kier molecular flexibility index (Phi) is 6.17. The van der Waals surface area contributed by atoms with E-state index in [4.69, 9.17) is 4.74 Å². The van der Waals surface area contributed by atoms with E-state index in [-0.39, 0.29) is 16.8 Å². The van der Waals surface area contributed by atoms with Crippen LogP contribution in [0.25, 0.3) is 0 Å². The average molecular weight is 362 g/mol. The molecule has 7 heteroatoms. The average Bonchev–Trinajstić information content (AvgIpc) is 2.62. The van der Waals surface area contributed by atoms with E-state index in [2.05, 4.69) is 10.0 Å². The second kappa shape index (κ2) is 8.13. The summed E-state index contributed by atoms with van der Waals surface area (Å²) in [7, 11) is -2.01. The molecule has 0 aliphatic rings. The molecule has 134 valence electrons. The van der Waals surface area contributed by atoms with Gasteiger partial charge in [0, 0.05) is 17.3 Å². The molecule has 1 amide bonds. The van der Waals surface area contributed by atoms with Crippen molar-refractivity contribution in [3.8, 4) is 5.75 Å². The molecule has 0 unspecified atom stereocenters. The number of ether oxygens (including phenoxy) is 1. The van der Waals surface area contributed by atoms with E-state index in [0.717, 1.165) is 0 Å². The van der Waals surface area contributed by atoms with Crippen LogP contribution in [0.3, 0.4) is 0 Å². The molecule has 25 heavy (non-hydrogen) atoms. The minimum atomic E-state index is -3.58. The van der Waals surface area contributed by atoms with Crippen LogP contribution in [-0.2, 0) is 10.0 Å². The number of hydrogen-bond donors (Lipinski definition) is 2. The lowest BCUT2D eigenvalue weighted by atomic mass is 10.2. The fourth-order valence-corrected chi connectivity index (χ4v) is 3.41. The topological polar surface area (TPSA) is 84.5 Å². The SMILES string of the molecule is CC[C@@H](C)NS(=O)(=O)c1ccc(C(=O)Nc2ccc(OC)cc2)cc1. The Balaban J connectivity index is 2.09. The summed E-state index contributed by atoms with van der Waals surface area (Å²) in [5, 5.41) is 2.75. The van der Waals surface area contributed by atoms with Crippen molar-refractivity contribution in [1.29, 1.82) is 0 Å². The van der Waals surface area contributed by atoms with E-state index < -0.39 is 10.0 Å². The molecule has 0 saturated carbocycles. The second-order valence-electron chi connectivity index (χ2n) is 5.64. The van der Waals surface area contributed by atoms with Crippen LogP contribution >= 0.6 is 0 Å². The van der Waals surface area contributed by atoms with E-state index in [1.165, 1.54) is 24.3 Å². The van der Waals surface area contributed by atoms with Crippen molar-refractivity contribution in [3.63, 3.8) is 0 Å². The molecule has 0 aromatic heterocycles. The van der Waals surface area contributed by atoms with Gasteiger partial charge in [0.15, 0.2) is 0 Å². The predicted molar refractivity (Wildman–Crippen MR) is 97.5 cm³/mol. The number of anilines is 1. The number of sulfonamides is 1. The van der Waals surface area contributed by atoms with Gasteiger partial charge < -0.3 is 10.1 Å². The molecule has 0 spiro atoms. The van der Waals surface area contributed by atoms with Crippen molar-refractivity contribution in [2.75, 3.05) is 12.4 Å². The fourth-order valence-electron chi connectivity index (χ4n) is 2.08. The van der Waals surface area contributed by atoms with Gasteiger partial charge in [0.2, 0.25) is 10.0 Å². The van der Waals surface area contributed by atoms with E-state index in [1.807, 2.05) is 6.92 Å². The first-order valence-corrected chi connectivity index (χ1v) is 9.42. The number of rotatable bonds is 7. The van der Waals surface area contributed by atoms with Crippen LogP contribution in [0.2, 0.25) is 0 Å². The van der Waals surface area contributed by atoms with Crippen LogP contribution < -0.4 is 14.8 Å². The lowest BCUT2D eigenvalue weighted by Crippen LogP contribution is -2.32. The molecule has 0 fully saturated rings. The maximum Gasteiger partial charge on any atom is 0.255 e. The van der Waals surface area contributed by atoms with Gasteiger partial charge in [-0.2, -0.15) is 0 Å². The van der Waals surface area contributed by atoms with Crippen LogP contribution in [0.5, 0.6) is 5.75 Å². The third kappa shape index (κ3) is 5.04. The molecule has 0 heterocycles. The zero-order chi connectivity index (χ0) is 18.4. The number of benzene rings is 2. The lowest BCUT2D eigenvalue weighted by Gasteiger charge is -2.12. The van der Waals surface area contributed by atoms with Crippen molar-refractivity contribution in [2.45, 2.75) is 31.2 Å². The van der Waals surface area contributed by atoms with Gasteiger partial charge in [-0.15, -0.1) is 0 Å². The highest BCUT2D eigenvalue weighted by molar-refractivity contribution is 7.89. The molecular weight excluding hydrogens is 340 g/mol. The number of amides is 1. The molecule has 2 rings (SSSR count). The third-order valence-corrected chi connectivity index (χ3v) is 5.35. The van der Waals surface area contributed by atoms with Crippen molar-refractivity contribution < 1.29 is 17.9 Å². The van der Waals surface area contributed by atoms with Gasteiger partial charge in [-0.25, -0.2) is 13.1 Å². The minimum absolute atomic E-state index is 0.133. The van der Waals surface area contributed by atoms with Gasteiger partial charge in [0.25, 0.3) is 5.91 Å². The highest BCUT2D eigenvalue weighted by atomic mass is 32.2. The number of methoxy groups -OCH3 is 1. The van der Waals surface area contributed by atoms with Crippen LogP contribution in [0, 0.1) is 0 Å².